The molecule has 0 radical (unpaired) electrons. The van der Waals surface area contributed by atoms with Crippen molar-refractivity contribution >= 4 is 27.5 Å². The molecule has 1 aromatic carbocycles. The van der Waals surface area contributed by atoms with Crippen molar-refractivity contribution in [3.05, 3.63) is 28.7 Å². The molecule has 104 valence electrons. The Labute approximate surface area is 123 Å². The van der Waals surface area contributed by atoms with Gasteiger partial charge in [-0.05, 0) is 31.0 Å². The van der Waals surface area contributed by atoms with Crippen LogP contribution in [0.1, 0.15) is 38.5 Å². The van der Waals surface area contributed by atoms with Crippen molar-refractivity contribution in [2.45, 2.75) is 44.6 Å². The maximum absolute atomic E-state index is 11.8. The molecule has 1 aromatic rings. The summed E-state index contributed by atoms with van der Waals surface area (Å²) in [6.07, 6.45) is 7.05. The molecule has 2 rings (SSSR count). The number of rotatable bonds is 5. The van der Waals surface area contributed by atoms with Gasteiger partial charge in [0.2, 0.25) is 5.91 Å². The first-order chi connectivity index (χ1) is 9.24. The summed E-state index contributed by atoms with van der Waals surface area (Å²) >= 11 is 3.39. The van der Waals surface area contributed by atoms with Gasteiger partial charge in [-0.25, -0.2) is 0 Å². The molecule has 0 saturated heterocycles. The first-order valence-corrected chi connectivity index (χ1v) is 7.82. The van der Waals surface area contributed by atoms with Crippen LogP contribution in [0.3, 0.4) is 0 Å². The Bertz CT molecular complexity index is 416. The van der Waals surface area contributed by atoms with Gasteiger partial charge >= 0.3 is 0 Å². The summed E-state index contributed by atoms with van der Waals surface area (Å²) in [6, 6.07) is 8.29. The third kappa shape index (κ3) is 5.33. The van der Waals surface area contributed by atoms with Gasteiger partial charge in [-0.2, -0.15) is 0 Å². The number of carbonyl (C=O) groups excluding carboxylic acids is 1. The van der Waals surface area contributed by atoms with E-state index in [-0.39, 0.29) is 5.91 Å². The van der Waals surface area contributed by atoms with Crippen LogP contribution in [0.5, 0.6) is 0 Å². The first-order valence-electron chi connectivity index (χ1n) is 7.03. The summed E-state index contributed by atoms with van der Waals surface area (Å²) in [5.41, 5.74) is 0.844. The number of anilines is 1. The SMILES string of the molecule is O=C(CCNC1CCCCC1)Nc1cccc(Br)c1. The van der Waals surface area contributed by atoms with E-state index in [4.69, 9.17) is 0 Å². The molecule has 1 fully saturated rings. The van der Waals surface area contributed by atoms with Gasteiger partial charge in [0.05, 0.1) is 0 Å². The van der Waals surface area contributed by atoms with Crippen LogP contribution in [0.2, 0.25) is 0 Å². The van der Waals surface area contributed by atoms with Gasteiger partial charge in [-0.15, -0.1) is 0 Å². The summed E-state index contributed by atoms with van der Waals surface area (Å²) in [5, 5.41) is 6.39. The standard InChI is InChI=1S/C15H21BrN2O/c16-12-5-4-8-14(11-12)18-15(19)9-10-17-13-6-2-1-3-7-13/h4-5,8,11,13,17H,1-3,6-7,9-10H2,(H,18,19). The summed E-state index contributed by atoms with van der Waals surface area (Å²) in [6.45, 7) is 0.768. The lowest BCUT2D eigenvalue weighted by atomic mass is 9.95. The highest BCUT2D eigenvalue weighted by atomic mass is 79.9. The Balaban J connectivity index is 1.67. The van der Waals surface area contributed by atoms with Gasteiger partial charge in [0.1, 0.15) is 0 Å². The fraction of sp³-hybridized carbons (Fsp3) is 0.533. The van der Waals surface area contributed by atoms with Gasteiger partial charge in [-0.1, -0.05) is 41.3 Å². The second kappa shape index (κ2) is 7.65. The molecule has 0 atom stereocenters. The quantitative estimate of drug-likeness (QED) is 0.867. The average Bonchev–Trinajstić information content (AvgIpc) is 2.40. The van der Waals surface area contributed by atoms with Crippen molar-refractivity contribution in [3.8, 4) is 0 Å². The Morgan fingerprint density at radius 1 is 1.26 bits per heavy atom. The monoisotopic (exact) mass is 324 g/mol. The molecule has 1 saturated carbocycles. The normalized spacial score (nSPS) is 16.3. The molecule has 0 aromatic heterocycles. The van der Waals surface area contributed by atoms with E-state index >= 15 is 0 Å². The summed E-state index contributed by atoms with van der Waals surface area (Å²) < 4.78 is 0.977. The van der Waals surface area contributed by atoms with Crippen molar-refractivity contribution in [1.82, 2.24) is 5.32 Å². The van der Waals surface area contributed by atoms with Gasteiger partial charge in [0, 0.05) is 29.2 Å². The van der Waals surface area contributed by atoms with Gasteiger partial charge in [0.25, 0.3) is 0 Å². The van der Waals surface area contributed by atoms with Gasteiger partial charge in [0.15, 0.2) is 0 Å². The molecule has 0 heterocycles. The molecule has 4 heteroatoms. The molecule has 2 N–H and O–H groups in total. The van der Waals surface area contributed by atoms with Crippen LogP contribution >= 0.6 is 15.9 Å². The number of carbonyl (C=O) groups is 1. The minimum Gasteiger partial charge on any atom is -0.326 e. The maximum Gasteiger partial charge on any atom is 0.225 e. The predicted molar refractivity (Wildman–Crippen MR) is 82.3 cm³/mol. The van der Waals surface area contributed by atoms with E-state index in [1.54, 1.807) is 0 Å². The fourth-order valence-electron chi connectivity index (χ4n) is 2.49. The summed E-state index contributed by atoms with van der Waals surface area (Å²) in [4.78, 5) is 11.8. The highest BCUT2D eigenvalue weighted by Gasteiger charge is 2.12. The van der Waals surface area contributed by atoms with Crippen molar-refractivity contribution < 1.29 is 4.79 Å². The number of nitrogens with one attached hydrogen (secondary N) is 2. The van der Waals surface area contributed by atoms with Crippen LogP contribution in [0.15, 0.2) is 28.7 Å². The second-order valence-corrected chi connectivity index (χ2v) is 6.01. The molecular formula is C15H21BrN2O. The molecule has 3 nitrogen and oxygen atoms in total. The summed E-state index contributed by atoms with van der Waals surface area (Å²) in [7, 11) is 0. The smallest absolute Gasteiger partial charge is 0.225 e. The predicted octanol–water partition coefficient (Wildman–Crippen LogP) is 3.70. The van der Waals surface area contributed by atoms with E-state index in [0.29, 0.717) is 12.5 Å². The third-order valence-corrected chi connectivity index (χ3v) is 3.99. The fourth-order valence-corrected chi connectivity index (χ4v) is 2.89. The number of hydrogen-bond donors (Lipinski definition) is 2. The molecule has 1 aliphatic rings. The van der Waals surface area contributed by atoms with E-state index in [1.165, 1.54) is 32.1 Å². The molecule has 1 amide bonds. The topological polar surface area (TPSA) is 41.1 Å². The van der Waals surface area contributed by atoms with Gasteiger partial charge in [-0.3, -0.25) is 4.79 Å². The highest BCUT2D eigenvalue weighted by Crippen LogP contribution is 2.17. The number of halogens is 1. The van der Waals surface area contributed by atoms with Crippen molar-refractivity contribution in [2.75, 3.05) is 11.9 Å². The Hall–Kier alpha value is -0.870. The molecular weight excluding hydrogens is 304 g/mol. The minimum absolute atomic E-state index is 0.0707. The zero-order chi connectivity index (χ0) is 13.5. The van der Waals surface area contributed by atoms with E-state index in [2.05, 4.69) is 26.6 Å². The molecule has 1 aliphatic carbocycles. The zero-order valence-corrected chi connectivity index (χ0v) is 12.7. The van der Waals surface area contributed by atoms with Crippen molar-refractivity contribution in [1.29, 1.82) is 0 Å². The van der Waals surface area contributed by atoms with Crippen molar-refractivity contribution in [3.63, 3.8) is 0 Å². The Morgan fingerprint density at radius 2 is 2.05 bits per heavy atom. The Kier molecular flexibility index (Phi) is 5.86. The van der Waals surface area contributed by atoms with Crippen molar-refractivity contribution in [2.24, 2.45) is 0 Å². The maximum atomic E-state index is 11.8. The average molecular weight is 325 g/mol. The van der Waals surface area contributed by atoms with Crippen LogP contribution in [0, 0.1) is 0 Å². The first kappa shape index (κ1) is 14.5. The van der Waals surface area contributed by atoms with Crippen LogP contribution in [-0.4, -0.2) is 18.5 Å². The molecule has 0 aliphatic heterocycles. The van der Waals surface area contributed by atoms with Crippen LogP contribution in [0.4, 0.5) is 5.69 Å². The van der Waals surface area contributed by atoms with E-state index < -0.39 is 0 Å². The largest absolute Gasteiger partial charge is 0.326 e. The third-order valence-electron chi connectivity index (χ3n) is 3.50. The van der Waals surface area contributed by atoms with E-state index in [1.807, 2.05) is 24.3 Å². The molecule has 0 spiro atoms. The number of hydrogen-bond acceptors (Lipinski definition) is 2. The lowest BCUT2D eigenvalue weighted by Crippen LogP contribution is -2.33. The summed E-state index contributed by atoms with van der Waals surface area (Å²) in [5.74, 6) is 0.0707. The van der Waals surface area contributed by atoms with E-state index in [9.17, 15) is 4.79 Å². The van der Waals surface area contributed by atoms with E-state index in [0.717, 1.165) is 16.7 Å². The lowest BCUT2D eigenvalue weighted by molar-refractivity contribution is -0.116. The van der Waals surface area contributed by atoms with Crippen LogP contribution < -0.4 is 10.6 Å². The molecule has 0 bridgehead atoms. The van der Waals surface area contributed by atoms with Crippen LogP contribution in [-0.2, 0) is 4.79 Å². The zero-order valence-electron chi connectivity index (χ0n) is 11.1. The second-order valence-electron chi connectivity index (χ2n) is 5.10. The van der Waals surface area contributed by atoms with Crippen LogP contribution in [0.25, 0.3) is 0 Å². The lowest BCUT2D eigenvalue weighted by Gasteiger charge is -2.22. The molecule has 0 unspecified atom stereocenters. The molecule has 19 heavy (non-hydrogen) atoms. The highest BCUT2D eigenvalue weighted by molar-refractivity contribution is 9.10. The number of amides is 1. The van der Waals surface area contributed by atoms with Gasteiger partial charge < -0.3 is 10.6 Å². The minimum atomic E-state index is 0.0707. The number of benzene rings is 1. The Morgan fingerprint density at radius 3 is 2.79 bits per heavy atom.